The third kappa shape index (κ3) is 3.62. The van der Waals surface area contributed by atoms with Crippen LogP contribution in [0.2, 0.25) is 0 Å². The number of nitrogens with zero attached hydrogens (tertiary/aromatic N) is 1. The van der Waals surface area contributed by atoms with Crippen molar-refractivity contribution in [3.05, 3.63) is 23.2 Å². The SMILES string of the molecule is Cc1cc(C(=O)N2CC3(C[C@H](OCC4CCOCC4)CS3)C2)c(C)o1. The van der Waals surface area contributed by atoms with Crippen LogP contribution in [0.25, 0.3) is 0 Å². The molecule has 0 N–H and O–H groups in total. The van der Waals surface area contributed by atoms with Crippen LogP contribution in [0.4, 0.5) is 0 Å². The molecule has 138 valence electrons. The molecular weight excluding hydrogens is 338 g/mol. The Morgan fingerprint density at radius 1 is 1.36 bits per heavy atom. The maximum Gasteiger partial charge on any atom is 0.257 e. The van der Waals surface area contributed by atoms with Gasteiger partial charge in [-0.15, -0.1) is 11.8 Å². The van der Waals surface area contributed by atoms with Crippen LogP contribution in [0, 0.1) is 19.8 Å². The molecule has 1 amide bonds. The van der Waals surface area contributed by atoms with Crippen LogP contribution in [-0.2, 0) is 9.47 Å². The zero-order valence-corrected chi connectivity index (χ0v) is 15.9. The van der Waals surface area contributed by atoms with Gasteiger partial charge in [0.05, 0.1) is 16.4 Å². The van der Waals surface area contributed by atoms with Gasteiger partial charge < -0.3 is 18.8 Å². The third-order valence-corrected chi connectivity index (χ3v) is 7.18. The van der Waals surface area contributed by atoms with Crippen molar-refractivity contribution < 1.29 is 18.7 Å². The van der Waals surface area contributed by atoms with E-state index in [4.69, 9.17) is 13.9 Å². The Labute approximate surface area is 153 Å². The number of rotatable bonds is 4. The van der Waals surface area contributed by atoms with Crippen LogP contribution in [-0.4, -0.2) is 60.3 Å². The molecular formula is C19H27NO4S. The quantitative estimate of drug-likeness (QED) is 0.821. The maximum absolute atomic E-state index is 12.6. The second kappa shape index (κ2) is 6.97. The molecule has 1 spiro atoms. The van der Waals surface area contributed by atoms with Crippen molar-refractivity contribution >= 4 is 17.7 Å². The number of ether oxygens (including phenoxy) is 2. The van der Waals surface area contributed by atoms with Gasteiger partial charge in [0.15, 0.2) is 0 Å². The van der Waals surface area contributed by atoms with E-state index >= 15 is 0 Å². The van der Waals surface area contributed by atoms with Crippen LogP contribution < -0.4 is 0 Å². The van der Waals surface area contributed by atoms with E-state index in [1.54, 1.807) is 0 Å². The first-order valence-corrected chi connectivity index (χ1v) is 10.2. The fourth-order valence-corrected chi connectivity index (χ4v) is 5.67. The molecule has 0 aliphatic carbocycles. The number of carbonyl (C=O) groups excluding carboxylic acids is 1. The lowest BCUT2D eigenvalue weighted by molar-refractivity contribution is -0.0118. The van der Waals surface area contributed by atoms with Gasteiger partial charge in [0, 0.05) is 38.7 Å². The standard InChI is InChI=1S/C19H27NO4S/c1-13-7-17(14(2)24-13)18(21)20-11-19(12-20)8-16(10-25-19)23-9-15-3-5-22-6-4-15/h7,15-16H,3-6,8-12H2,1-2H3/t16-/m0/s1. The minimum absolute atomic E-state index is 0.104. The Morgan fingerprint density at radius 2 is 2.12 bits per heavy atom. The van der Waals surface area contributed by atoms with Crippen molar-refractivity contribution in [2.24, 2.45) is 5.92 Å². The van der Waals surface area contributed by atoms with Crippen molar-refractivity contribution in [1.82, 2.24) is 4.90 Å². The zero-order chi connectivity index (χ0) is 17.4. The van der Waals surface area contributed by atoms with Crippen LogP contribution in [0.1, 0.15) is 41.1 Å². The maximum atomic E-state index is 12.6. The molecule has 0 aromatic carbocycles. The van der Waals surface area contributed by atoms with Crippen molar-refractivity contribution in [2.45, 2.75) is 44.0 Å². The fraction of sp³-hybridized carbons (Fsp3) is 0.737. The summed E-state index contributed by atoms with van der Waals surface area (Å²) in [6, 6.07) is 1.85. The minimum atomic E-state index is 0.104. The van der Waals surface area contributed by atoms with Gasteiger partial charge in [0.25, 0.3) is 5.91 Å². The summed E-state index contributed by atoms with van der Waals surface area (Å²) in [6.07, 6.45) is 3.64. The average molecular weight is 365 g/mol. The van der Waals surface area contributed by atoms with Crippen molar-refractivity contribution in [3.63, 3.8) is 0 Å². The van der Waals surface area contributed by atoms with Crippen LogP contribution >= 0.6 is 11.8 Å². The lowest BCUT2D eigenvalue weighted by atomic mass is 9.92. The van der Waals surface area contributed by atoms with Gasteiger partial charge >= 0.3 is 0 Å². The van der Waals surface area contributed by atoms with E-state index < -0.39 is 0 Å². The summed E-state index contributed by atoms with van der Waals surface area (Å²) in [4.78, 5) is 14.6. The minimum Gasteiger partial charge on any atom is -0.466 e. The summed E-state index contributed by atoms with van der Waals surface area (Å²) >= 11 is 1.98. The number of furan rings is 1. The molecule has 6 heteroatoms. The first-order valence-electron chi connectivity index (χ1n) is 9.24. The Hall–Kier alpha value is -0.980. The largest absolute Gasteiger partial charge is 0.466 e. The highest BCUT2D eigenvalue weighted by Gasteiger charge is 2.51. The summed E-state index contributed by atoms with van der Waals surface area (Å²) in [5.41, 5.74) is 0.711. The predicted molar refractivity (Wildman–Crippen MR) is 97.2 cm³/mol. The van der Waals surface area contributed by atoms with E-state index in [9.17, 15) is 4.79 Å². The number of carbonyl (C=O) groups is 1. The lowest BCUT2D eigenvalue weighted by Crippen LogP contribution is -2.60. The van der Waals surface area contributed by atoms with Crippen molar-refractivity contribution in [3.8, 4) is 0 Å². The van der Waals surface area contributed by atoms with E-state index in [-0.39, 0.29) is 10.7 Å². The van der Waals surface area contributed by atoms with Gasteiger partial charge in [-0.2, -0.15) is 0 Å². The van der Waals surface area contributed by atoms with Crippen molar-refractivity contribution in [1.29, 1.82) is 0 Å². The topological polar surface area (TPSA) is 51.9 Å². The summed E-state index contributed by atoms with van der Waals surface area (Å²) in [6.45, 7) is 8.02. The second-order valence-electron chi connectivity index (χ2n) is 7.70. The molecule has 1 atom stereocenters. The molecule has 0 saturated carbocycles. The Morgan fingerprint density at radius 3 is 2.80 bits per heavy atom. The molecule has 1 aromatic heterocycles. The normalized spacial score (nSPS) is 26.2. The van der Waals surface area contributed by atoms with Gasteiger partial charge in [0.1, 0.15) is 11.5 Å². The molecule has 0 unspecified atom stereocenters. The van der Waals surface area contributed by atoms with Gasteiger partial charge in [-0.1, -0.05) is 0 Å². The fourth-order valence-electron chi connectivity index (χ4n) is 4.12. The number of likely N-dealkylation sites (tertiary alicyclic amines) is 1. The number of thioether (sulfide) groups is 1. The highest BCUT2D eigenvalue weighted by atomic mass is 32.2. The van der Waals surface area contributed by atoms with Gasteiger partial charge in [0.2, 0.25) is 0 Å². The average Bonchev–Trinajstić information content (AvgIpc) is 3.15. The van der Waals surface area contributed by atoms with E-state index in [1.807, 2.05) is 36.6 Å². The van der Waals surface area contributed by atoms with Crippen LogP contribution in [0.15, 0.2) is 10.5 Å². The lowest BCUT2D eigenvalue weighted by Gasteiger charge is -2.47. The number of aryl methyl sites for hydroxylation is 2. The molecule has 4 heterocycles. The molecule has 0 bridgehead atoms. The number of hydrogen-bond acceptors (Lipinski definition) is 5. The molecule has 3 aliphatic rings. The van der Waals surface area contributed by atoms with Gasteiger partial charge in [-0.05, 0) is 45.1 Å². The summed E-state index contributed by atoms with van der Waals surface area (Å²) in [5.74, 6) is 3.33. The number of hydrogen-bond donors (Lipinski definition) is 0. The summed E-state index contributed by atoms with van der Waals surface area (Å²) in [5, 5.41) is 0. The van der Waals surface area contributed by atoms with Crippen LogP contribution in [0.3, 0.4) is 0 Å². The van der Waals surface area contributed by atoms with E-state index in [0.29, 0.717) is 17.6 Å². The Bertz CT molecular complexity index is 631. The van der Waals surface area contributed by atoms with Gasteiger partial charge in [-0.3, -0.25) is 4.79 Å². The molecule has 3 fully saturated rings. The molecule has 3 saturated heterocycles. The summed E-state index contributed by atoms with van der Waals surface area (Å²) in [7, 11) is 0. The Balaban J connectivity index is 1.25. The third-order valence-electron chi connectivity index (χ3n) is 5.60. The first-order chi connectivity index (χ1) is 12.0. The second-order valence-corrected chi connectivity index (χ2v) is 9.19. The van der Waals surface area contributed by atoms with Gasteiger partial charge in [-0.25, -0.2) is 0 Å². The summed E-state index contributed by atoms with van der Waals surface area (Å²) < 4.78 is 17.3. The molecule has 4 rings (SSSR count). The molecule has 5 nitrogen and oxygen atoms in total. The van der Waals surface area contributed by atoms with Crippen LogP contribution in [0.5, 0.6) is 0 Å². The molecule has 1 aromatic rings. The van der Waals surface area contributed by atoms with Crippen molar-refractivity contribution in [2.75, 3.05) is 38.7 Å². The monoisotopic (exact) mass is 365 g/mol. The predicted octanol–water partition coefficient (Wildman–Crippen LogP) is 3.04. The van der Waals surface area contributed by atoms with E-state index in [1.165, 1.54) is 0 Å². The molecule has 3 aliphatic heterocycles. The van der Waals surface area contributed by atoms with E-state index in [2.05, 4.69) is 0 Å². The number of amides is 1. The highest BCUT2D eigenvalue weighted by molar-refractivity contribution is 8.01. The Kier molecular flexibility index (Phi) is 4.86. The zero-order valence-electron chi connectivity index (χ0n) is 15.1. The highest BCUT2D eigenvalue weighted by Crippen LogP contribution is 2.46. The first kappa shape index (κ1) is 17.4. The molecule has 25 heavy (non-hydrogen) atoms. The van der Waals surface area contributed by atoms with E-state index in [0.717, 1.165) is 69.4 Å². The molecule has 0 radical (unpaired) electrons. The smallest absolute Gasteiger partial charge is 0.257 e.